The van der Waals surface area contributed by atoms with E-state index in [2.05, 4.69) is 25.4 Å². The van der Waals surface area contributed by atoms with Crippen molar-refractivity contribution < 1.29 is 9.53 Å². The summed E-state index contributed by atoms with van der Waals surface area (Å²) >= 11 is 0. The van der Waals surface area contributed by atoms with Crippen molar-refractivity contribution in [2.75, 3.05) is 11.9 Å². The Morgan fingerprint density at radius 3 is 2.85 bits per heavy atom. The Balaban J connectivity index is 1.71. The zero-order chi connectivity index (χ0) is 18.6. The van der Waals surface area contributed by atoms with Gasteiger partial charge in [0.15, 0.2) is 5.82 Å². The molecule has 0 fully saturated rings. The maximum Gasteiger partial charge on any atom is 0.261 e. The van der Waals surface area contributed by atoms with Gasteiger partial charge in [-0.25, -0.2) is 19.6 Å². The predicted molar refractivity (Wildman–Crippen MR) is 100 cm³/mol. The molecule has 0 aliphatic heterocycles. The number of hydrogen-bond acceptors (Lipinski definition) is 6. The number of amides is 1. The number of nitrogens with zero attached hydrogens (tertiary/aromatic N) is 5. The van der Waals surface area contributed by atoms with Gasteiger partial charge < -0.3 is 10.1 Å². The summed E-state index contributed by atoms with van der Waals surface area (Å²) < 4.78 is 7.16. The molecule has 8 nitrogen and oxygen atoms in total. The summed E-state index contributed by atoms with van der Waals surface area (Å²) in [7, 11) is 0. The quantitative estimate of drug-likeness (QED) is 0.588. The zero-order valence-electron chi connectivity index (χ0n) is 14.5. The van der Waals surface area contributed by atoms with E-state index < -0.39 is 0 Å². The van der Waals surface area contributed by atoms with Crippen molar-refractivity contribution in [1.29, 1.82) is 0 Å². The van der Waals surface area contributed by atoms with Gasteiger partial charge in [0.25, 0.3) is 5.91 Å². The fourth-order valence-electron chi connectivity index (χ4n) is 2.81. The minimum Gasteiger partial charge on any atom is -0.493 e. The van der Waals surface area contributed by atoms with Gasteiger partial charge in [-0.2, -0.15) is 5.10 Å². The Hall–Kier alpha value is -3.81. The van der Waals surface area contributed by atoms with Crippen LogP contribution in [0.2, 0.25) is 0 Å². The largest absolute Gasteiger partial charge is 0.493 e. The van der Waals surface area contributed by atoms with Crippen molar-refractivity contribution in [3.63, 3.8) is 0 Å². The van der Waals surface area contributed by atoms with Gasteiger partial charge in [0.05, 0.1) is 12.2 Å². The Labute approximate surface area is 154 Å². The fourth-order valence-corrected chi connectivity index (χ4v) is 2.81. The van der Waals surface area contributed by atoms with Crippen LogP contribution in [0.4, 0.5) is 5.82 Å². The van der Waals surface area contributed by atoms with Crippen molar-refractivity contribution in [3.8, 4) is 11.6 Å². The fraction of sp³-hybridized carbons (Fsp3) is 0.105. The molecular weight excluding hydrogens is 344 g/mol. The van der Waals surface area contributed by atoms with Gasteiger partial charge in [-0.15, -0.1) is 0 Å². The number of anilines is 1. The number of benzene rings is 2. The number of aromatic nitrogens is 5. The van der Waals surface area contributed by atoms with Gasteiger partial charge in [0.2, 0.25) is 0 Å². The molecule has 0 spiro atoms. The lowest BCUT2D eigenvalue weighted by Crippen LogP contribution is -2.16. The lowest BCUT2D eigenvalue weighted by molar-refractivity contribution is 0.102. The van der Waals surface area contributed by atoms with Gasteiger partial charge in [0, 0.05) is 6.07 Å². The molecule has 0 unspecified atom stereocenters. The SMILES string of the molecule is CCOc1ccc2ccccc2c1C(=O)Nc1cc(-n2cncn2)ncn1. The van der Waals surface area contributed by atoms with Crippen LogP contribution < -0.4 is 10.1 Å². The summed E-state index contributed by atoms with van der Waals surface area (Å²) in [5.74, 6) is 1.08. The van der Waals surface area contributed by atoms with Crippen LogP contribution in [-0.4, -0.2) is 37.2 Å². The van der Waals surface area contributed by atoms with Crippen molar-refractivity contribution in [3.05, 3.63) is 67.0 Å². The number of carbonyl (C=O) groups excluding carboxylic acids is 1. The van der Waals surface area contributed by atoms with E-state index in [9.17, 15) is 4.79 Å². The summed E-state index contributed by atoms with van der Waals surface area (Å²) in [4.78, 5) is 25.2. The van der Waals surface area contributed by atoms with Gasteiger partial charge in [0.1, 0.15) is 30.5 Å². The predicted octanol–water partition coefficient (Wildman–Crippen LogP) is 2.86. The van der Waals surface area contributed by atoms with E-state index in [1.165, 1.54) is 23.7 Å². The second-order valence-electron chi connectivity index (χ2n) is 5.65. The van der Waals surface area contributed by atoms with Crippen LogP contribution in [0.15, 0.2) is 61.4 Å². The molecule has 4 aromatic rings. The maximum atomic E-state index is 13.0. The summed E-state index contributed by atoms with van der Waals surface area (Å²) in [5, 5.41) is 8.61. The molecule has 27 heavy (non-hydrogen) atoms. The molecular formula is C19H16N6O2. The van der Waals surface area contributed by atoms with Gasteiger partial charge in [-0.1, -0.05) is 30.3 Å². The molecule has 2 aromatic heterocycles. The second kappa shape index (κ2) is 7.20. The smallest absolute Gasteiger partial charge is 0.261 e. The highest BCUT2D eigenvalue weighted by Crippen LogP contribution is 2.29. The molecule has 1 amide bonds. The molecule has 134 valence electrons. The van der Waals surface area contributed by atoms with Crippen LogP contribution >= 0.6 is 0 Å². The first-order valence-electron chi connectivity index (χ1n) is 8.39. The summed E-state index contributed by atoms with van der Waals surface area (Å²) in [6.07, 6.45) is 4.29. The highest BCUT2D eigenvalue weighted by atomic mass is 16.5. The highest BCUT2D eigenvalue weighted by molar-refractivity contribution is 6.14. The van der Waals surface area contributed by atoms with E-state index in [4.69, 9.17) is 4.74 Å². The average Bonchev–Trinajstić information content (AvgIpc) is 3.23. The molecule has 0 atom stereocenters. The van der Waals surface area contributed by atoms with Gasteiger partial charge in [-0.3, -0.25) is 4.79 Å². The lowest BCUT2D eigenvalue weighted by atomic mass is 10.0. The Kier molecular flexibility index (Phi) is 4.44. The van der Waals surface area contributed by atoms with E-state index >= 15 is 0 Å². The van der Waals surface area contributed by atoms with Crippen LogP contribution in [0.25, 0.3) is 16.6 Å². The van der Waals surface area contributed by atoms with Gasteiger partial charge >= 0.3 is 0 Å². The third-order valence-electron chi connectivity index (χ3n) is 3.97. The van der Waals surface area contributed by atoms with Crippen molar-refractivity contribution in [2.45, 2.75) is 6.92 Å². The molecule has 0 bridgehead atoms. The molecule has 0 aliphatic carbocycles. The molecule has 8 heteroatoms. The number of ether oxygens (including phenoxy) is 1. The van der Waals surface area contributed by atoms with Crippen LogP contribution in [0.5, 0.6) is 5.75 Å². The van der Waals surface area contributed by atoms with Gasteiger partial charge in [-0.05, 0) is 23.8 Å². The molecule has 2 aromatic carbocycles. The monoisotopic (exact) mass is 360 g/mol. The molecule has 0 saturated heterocycles. The number of nitrogens with one attached hydrogen (secondary N) is 1. The highest BCUT2D eigenvalue weighted by Gasteiger charge is 2.17. The third-order valence-corrected chi connectivity index (χ3v) is 3.97. The van der Waals surface area contributed by atoms with Crippen LogP contribution in [0, 0.1) is 0 Å². The van der Waals surface area contributed by atoms with E-state index in [1.807, 2.05) is 43.3 Å². The normalized spacial score (nSPS) is 10.7. The third kappa shape index (κ3) is 3.32. The summed E-state index contributed by atoms with van der Waals surface area (Å²) in [5.41, 5.74) is 0.468. The van der Waals surface area contributed by atoms with Crippen molar-refractivity contribution in [1.82, 2.24) is 24.7 Å². The number of carbonyl (C=O) groups is 1. The summed E-state index contributed by atoms with van der Waals surface area (Å²) in [6, 6.07) is 13.0. The van der Waals surface area contributed by atoms with E-state index in [0.29, 0.717) is 29.6 Å². The topological polar surface area (TPSA) is 94.8 Å². The van der Waals surface area contributed by atoms with Crippen molar-refractivity contribution in [2.24, 2.45) is 0 Å². The number of rotatable bonds is 5. The molecule has 2 heterocycles. The molecule has 0 radical (unpaired) electrons. The molecule has 4 rings (SSSR count). The first-order chi connectivity index (χ1) is 13.3. The Morgan fingerprint density at radius 2 is 2.04 bits per heavy atom. The maximum absolute atomic E-state index is 13.0. The number of fused-ring (bicyclic) bond motifs is 1. The average molecular weight is 360 g/mol. The standard InChI is InChI=1S/C19H16N6O2/c1-2-27-15-8-7-13-5-3-4-6-14(13)18(15)19(26)24-16-9-17(22-11-21-16)25-12-20-10-23-25/h3-12H,2H2,1H3,(H,21,22,24,26). The van der Waals surface area contributed by atoms with Crippen LogP contribution in [0.3, 0.4) is 0 Å². The van der Waals surface area contributed by atoms with E-state index in [0.717, 1.165) is 10.8 Å². The second-order valence-corrected chi connectivity index (χ2v) is 5.65. The van der Waals surface area contributed by atoms with Crippen LogP contribution in [0.1, 0.15) is 17.3 Å². The van der Waals surface area contributed by atoms with E-state index in [1.54, 1.807) is 6.07 Å². The number of hydrogen-bond donors (Lipinski definition) is 1. The first-order valence-corrected chi connectivity index (χ1v) is 8.39. The summed E-state index contributed by atoms with van der Waals surface area (Å²) in [6.45, 7) is 2.34. The minimum absolute atomic E-state index is 0.307. The minimum atomic E-state index is -0.307. The molecule has 0 saturated carbocycles. The van der Waals surface area contributed by atoms with Crippen molar-refractivity contribution >= 4 is 22.5 Å². The lowest BCUT2D eigenvalue weighted by Gasteiger charge is -2.13. The molecule has 1 N–H and O–H groups in total. The first kappa shape index (κ1) is 16.6. The zero-order valence-corrected chi connectivity index (χ0v) is 14.5. The van der Waals surface area contributed by atoms with E-state index in [-0.39, 0.29) is 5.91 Å². The molecule has 0 aliphatic rings. The Bertz CT molecular complexity index is 1090. The van der Waals surface area contributed by atoms with Crippen LogP contribution in [-0.2, 0) is 0 Å². The Morgan fingerprint density at radius 1 is 1.15 bits per heavy atom.